The van der Waals surface area contributed by atoms with Gasteiger partial charge in [0, 0.05) is 6.61 Å². The van der Waals surface area contributed by atoms with Crippen molar-refractivity contribution in [3.63, 3.8) is 0 Å². The molecule has 0 spiro atoms. The summed E-state index contributed by atoms with van der Waals surface area (Å²) in [5.74, 6) is 0. The summed E-state index contributed by atoms with van der Waals surface area (Å²) >= 11 is 0. The first kappa shape index (κ1) is 13.7. The normalized spacial score (nSPS) is 19.2. The lowest BCUT2D eigenvalue weighted by molar-refractivity contribution is -0.136. The van der Waals surface area contributed by atoms with Crippen molar-refractivity contribution in [3.8, 4) is 0 Å². The van der Waals surface area contributed by atoms with Gasteiger partial charge in [-0.2, -0.15) is 13.2 Å². The highest BCUT2D eigenvalue weighted by atomic mass is 19.4. The Kier molecular flexibility index (Phi) is 3.94. The number of rotatable bonds is 2. The molecule has 1 aliphatic rings. The number of hydrogen-bond donors (Lipinski definition) is 2. The van der Waals surface area contributed by atoms with Gasteiger partial charge in [-0.25, -0.2) is 4.79 Å². The Balaban J connectivity index is 2.04. The van der Waals surface area contributed by atoms with Crippen LogP contribution in [0.5, 0.6) is 0 Å². The fourth-order valence-corrected chi connectivity index (χ4v) is 1.83. The van der Waals surface area contributed by atoms with E-state index in [1.54, 1.807) is 0 Å². The molecule has 1 atom stereocenters. The molecule has 1 aromatic carbocycles. The number of carbonyl (C=O) groups excluding carboxylic acids is 1. The van der Waals surface area contributed by atoms with Crippen molar-refractivity contribution in [2.45, 2.75) is 18.6 Å². The van der Waals surface area contributed by atoms with Gasteiger partial charge in [-0.15, -0.1) is 0 Å². The lowest BCUT2D eigenvalue weighted by Crippen LogP contribution is -2.38. The minimum atomic E-state index is -4.50. The third-order valence-electron chi connectivity index (χ3n) is 2.75. The zero-order valence-corrected chi connectivity index (χ0v) is 9.96. The second kappa shape index (κ2) is 5.48. The number of amides is 2. The van der Waals surface area contributed by atoms with Crippen molar-refractivity contribution in [3.05, 3.63) is 29.8 Å². The van der Waals surface area contributed by atoms with Gasteiger partial charge in [0.15, 0.2) is 0 Å². The van der Waals surface area contributed by atoms with Gasteiger partial charge in [0.1, 0.15) is 0 Å². The maximum absolute atomic E-state index is 12.7. The van der Waals surface area contributed by atoms with Crippen LogP contribution in [0.25, 0.3) is 0 Å². The molecule has 104 valence electrons. The smallest absolute Gasteiger partial charge is 0.379 e. The van der Waals surface area contributed by atoms with Crippen molar-refractivity contribution in [2.24, 2.45) is 0 Å². The van der Waals surface area contributed by atoms with Crippen LogP contribution in [-0.4, -0.2) is 25.3 Å². The lowest BCUT2D eigenvalue weighted by Gasteiger charge is -2.15. The first-order valence-electron chi connectivity index (χ1n) is 5.78. The molecule has 4 nitrogen and oxygen atoms in total. The molecule has 2 N–H and O–H groups in total. The Morgan fingerprint density at radius 1 is 1.32 bits per heavy atom. The summed E-state index contributed by atoms with van der Waals surface area (Å²) in [5, 5.41) is 4.78. The summed E-state index contributed by atoms with van der Waals surface area (Å²) in [4.78, 5) is 11.6. The lowest BCUT2D eigenvalue weighted by atomic mass is 10.1. The molecular formula is C12H13F3N2O2. The largest absolute Gasteiger partial charge is 0.418 e. The number of nitrogens with one attached hydrogen (secondary N) is 2. The molecule has 1 aliphatic heterocycles. The van der Waals surface area contributed by atoms with E-state index in [2.05, 4.69) is 10.6 Å². The molecule has 1 saturated heterocycles. The predicted octanol–water partition coefficient (Wildman–Crippen LogP) is 2.62. The number of hydrogen-bond acceptors (Lipinski definition) is 2. The standard InChI is InChI=1S/C12H13F3N2O2/c13-12(14,15)9-3-1-2-4-10(9)17-11(18)16-8-5-6-19-7-8/h1-4,8H,5-7H2,(H2,16,17,18). The zero-order chi connectivity index (χ0) is 13.9. The highest BCUT2D eigenvalue weighted by Crippen LogP contribution is 2.34. The Labute approximate surface area is 107 Å². The molecule has 7 heteroatoms. The summed E-state index contributed by atoms with van der Waals surface area (Å²) in [6.07, 6.45) is -3.84. The van der Waals surface area contributed by atoms with Crippen molar-refractivity contribution in [2.75, 3.05) is 18.5 Å². The number of alkyl halides is 3. The number of para-hydroxylation sites is 1. The van der Waals surface area contributed by atoms with E-state index in [0.717, 1.165) is 6.07 Å². The quantitative estimate of drug-likeness (QED) is 0.871. The van der Waals surface area contributed by atoms with E-state index in [0.29, 0.717) is 19.6 Å². The summed E-state index contributed by atoms with van der Waals surface area (Å²) < 4.78 is 43.2. The van der Waals surface area contributed by atoms with Crippen molar-refractivity contribution in [1.29, 1.82) is 0 Å². The first-order valence-corrected chi connectivity index (χ1v) is 5.78. The van der Waals surface area contributed by atoms with Crippen LogP contribution in [0, 0.1) is 0 Å². The molecule has 0 saturated carbocycles. The van der Waals surface area contributed by atoms with Crippen LogP contribution in [0.15, 0.2) is 24.3 Å². The number of ether oxygens (including phenoxy) is 1. The third kappa shape index (κ3) is 3.60. The van der Waals surface area contributed by atoms with E-state index in [9.17, 15) is 18.0 Å². The Morgan fingerprint density at radius 3 is 2.68 bits per heavy atom. The highest BCUT2D eigenvalue weighted by Gasteiger charge is 2.33. The summed E-state index contributed by atoms with van der Waals surface area (Å²) in [7, 11) is 0. The molecule has 1 heterocycles. The minimum Gasteiger partial charge on any atom is -0.379 e. The summed E-state index contributed by atoms with van der Waals surface area (Å²) in [5.41, 5.74) is -1.13. The monoisotopic (exact) mass is 274 g/mol. The number of anilines is 1. The van der Waals surface area contributed by atoms with Gasteiger partial charge >= 0.3 is 12.2 Å². The van der Waals surface area contributed by atoms with Crippen LogP contribution in [-0.2, 0) is 10.9 Å². The van der Waals surface area contributed by atoms with E-state index in [1.807, 2.05) is 0 Å². The minimum absolute atomic E-state index is 0.155. The van der Waals surface area contributed by atoms with E-state index in [4.69, 9.17) is 4.74 Å². The number of halogens is 3. The molecule has 0 bridgehead atoms. The van der Waals surface area contributed by atoms with E-state index in [-0.39, 0.29) is 11.7 Å². The van der Waals surface area contributed by atoms with Crippen LogP contribution >= 0.6 is 0 Å². The highest BCUT2D eigenvalue weighted by molar-refractivity contribution is 5.90. The van der Waals surface area contributed by atoms with Crippen LogP contribution < -0.4 is 10.6 Å². The van der Waals surface area contributed by atoms with Crippen molar-refractivity contribution in [1.82, 2.24) is 5.32 Å². The van der Waals surface area contributed by atoms with Crippen LogP contribution in [0.2, 0.25) is 0 Å². The average Bonchev–Trinajstić information content (AvgIpc) is 2.81. The van der Waals surface area contributed by atoms with Gasteiger partial charge in [-0.05, 0) is 18.6 Å². The summed E-state index contributed by atoms with van der Waals surface area (Å²) in [6, 6.07) is 4.03. The number of urea groups is 1. The molecular weight excluding hydrogens is 261 g/mol. The average molecular weight is 274 g/mol. The maximum atomic E-state index is 12.7. The zero-order valence-electron chi connectivity index (χ0n) is 9.96. The number of benzene rings is 1. The molecule has 1 aromatic rings. The van der Waals surface area contributed by atoms with Crippen LogP contribution in [0.1, 0.15) is 12.0 Å². The molecule has 2 rings (SSSR count). The fraction of sp³-hybridized carbons (Fsp3) is 0.417. The van der Waals surface area contributed by atoms with Gasteiger partial charge in [0.2, 0.25) is 0 Å². The molecule has 2 amide bonds. The van der Waals surface area contributed by atoms with Gasteiger partial charge in [-0.3, -0.25) is 0 Å². The van der Waals surface area contributed by atoms with Crippen molar-refractivity contribution < 1.29 is 22.7 Å². The van der Waals surface area contributed by atoms with Crippen molar-refractivity contribution >= 4 is 11.7 Å². The van der Waals surface area contributed by atoms with E-state index in [1.165, 1.54) is 18.2 Å². The van der Waals surface area contributed by atoms with Gasteiger partial charge < -0.3 is 15.4 Å². The molecule has 0 aliphatic carbocycles. The van der Waals surface area contributed by atoms with Crippen LogP contribution in [0.3, 0.4) is 0 Å². The Hall–Kier alpha value is -1.76. The van der Waals surface area contributed by atoms with Crippen LogP contribution in [0.4, 0.5) is 23.7 Å². The molecule has 1 unspecified atom stereocenters. The molecule has 19 heavy (non-hydrogen) atoms. The van der Waals surface area contributed by atoms with Gasteiger partial charge in [0.05, 0.1) is 23.9 Å². The second-order valence-corrected chi connectivity index (χ2v) is 4.20. The third-order valence-corrected chi connectivity index (χ3v) is 2.75. The van der Waals surface area contributed by atoms with Gasteiger partial charge in [0.25, 0.3) is 0 Å². The second-order valence-electron chi connectivity index (χ2n) is 4.20. The topological polar surface area (TPSA) is 50.4 Å². The predicted molar refractivity (Wildman–Crippen MR) is 62.8 cm³/mol. The molecule has 0 aromatic heterocycles. The molecule has 1 fully saturated rings. The Bertz CT molecular complexity index is 457. The van der Waals surface area contributed by atoms with E-state index >= 15 is 0 Å². The fourth-order valence-electron chi connectivity index (χ4n) is 1.83. The van der Waals surface area contributed by atoms with Gasteiger partial charge in [-0.1, -0.05) is 12.1 Å². The first-order chi connectivity index (χ1) is 8.97. The van der Waals surface area contributed by atoms with E-state index < -0.39 is 17.8 Å². The maximum Gasteiger partial charge on any atom is 0.418 e. The number of carbonyl (C=O) groups is 1. The summed E-state index contributed by atoms with van der Waals surface area (Å²) in [6.45, 7) is 0.929. The Morgan fingerprint density at radius 2 is 2.05 bits per heavy atom. The SMILES string of the molecule is O=C(Nc1ccccc1C(F)(F)F)NC1CCOC1. The molecule has 0 radical (unpaired) electrons.